The molecule has 0 saturated carbocycles. The number of nitrogens with one attached hydrogen (secondary N) is 2. The van der Waals surface area contributed by atoms with Gasteiger partial charge in [0.25, 0.3) is 0 Å². The van der Waals surface area contributed by atoms with Gasteiger partial charge < -0.3 is 15.4 Å². The lowest BCUT2D eigenvalue weighted by molar-refractivity contribution is 0.195. The van der Waals surface area contributed by atoms with E-state index in [1.807, 2.05) is 4.68 Å². The molecule has 0 radical (unpaired) electrons. The Balaban J connectivity index is 0.00000320. The van der Waals surface area contributed by atoms with Gasteiger partial charge >= 0.3 is 0 Å². The number of methoxy groups -OCH3 is 1. The lowest BCUT2D eigenvalue weighted by Gasteiger charge is -2.14. The van der Waals surface area contributed by atoms with E-state index in [0.29, 0.717) is 13.1 Å². The fourth-order valence-corrected chi connectivity index (χ4v) is 3.07. The first kappa shape index (κ1) is 23.8. The number of nitrogens with zero attached hydrogens (tertiary/aromatic N) is 4. The third-order valence-corrected chi connectivity index (χ3v) is 4.58. The van der Waals surface area contributed by atoms with Crippen molar-refractivity contribution >= 4 is 29.9 Å². The number of rotatable bonds is 9. The fraction of sp³-hybridized carbons (Fsp3) is 0.318. The third kappa shape index (κ3) is 7.10. The molecule has 2 aromatic carbocycles. The summed E-state index contributed by atoms with van der Waals surface area (Å²) >= 11 is 0. The summed E-state index contributed by atoms with van der Waals surface area (Å²) < 4.78 is 6.90. The maximum atomic E-state index is 5.08. The van der Waals surface area contributed by atoms with Crippen LogP contribution in [0.4, 0.5) is 0 Å². The first-order chi connectivity index (χ1) is 14.3. The van der Waals surface area contributed by atoms with E-state index in [1.54, 1.807) is 26.8 Å². The molecule has 160 valence electrons. The molecule has 0 aliphatic rings. The minimum absolute atomic E-state index is 0. The van der Waals surface area contributed by atoms with Gasteiger partial charge in [-0.05, 0) is 28.7 Å². The van der Waals surface area contributed by atoms with E-state index >= 15 is 0 Å². The summed E-state index contributed by atoms with van der Waals surface area (Å²) in [5.74, 6) is 0.791. The number of benzene rings is 2. The number of ether oxygens (including phenoxy) is 1. The summed E-state index contributed by atoms with van der Waals surface area (Å²) in [5.41, 5.74) is 4.81. The smallest absolute Gasteiger partial charge is 0.191 e. The highest BCUT2D eigenvalue weighted by Crippen LogP contribution is 2.24. The topological polar surface area (TPSA) is 76.4 Å². The first-order valence-corrected chi connectivity index (χ1v) is 9.73. The second-order valence-corrected chi connectivity index (χ2v) is 6.65. The number of halogens is 1. The predicted molar refractivity (Wildman–Crippen MR) is 131 cm³/mol. The molecule has 3 aromatic rings. The maximum absolute atomic E-state index is 5.08. The molecule has 0 spiro atoms. The Kier molecular flexibility index (Phi) is 10.3. The van der Waals surface area contributed by atoms with Crippen molar-refractivity contribution in [2.24, 2.45) is 4.99 Å². The summed E-state index contributed by atoms with van der Waals surface area (Å²) in [4.78, 5) is 8.28. The Hall–Kier alpha value is -2.46. The lowest BCUT2D eigenvalue weighted by atomic mass is 9.98. The van der Waals surface area contributed by atoms with E-state index in [1.165, 1.54) is 22.3 Å². The standard InChI is InChI=1S/C22H28N6O.HI/c1-23-22(25-12-5-13-29-2)26-14-20-6-3-4-7-21(20)19-10-8-18(9-11-19)15-28-17-24-16-27-28;/h3-4,6-11,16-17H,5,12-15H2,1-2H3,(H2,23,25,26);1H. The summed E-state index contributed by atoms with van der Waals surface area (Å²) in [6.07, 6.45) is 4.22. The molecular weight excluding hydrogens is 491 g/mol. The van der Waals surface area contributed by atoms with Crippen LogP contribution in [0, 0.1) is 0 Å². The molecule has 30 heavy (non-hydrogen) atoms. The molecule has 0 amide bonds. The van der Waals surface area contributed by atoms with Crippen molar-refractivity contribution < 1.29 is 4.74 Å². The van der Waals surface area contributed by atoms with E-state index < -0.39 is 0 Å². The minimum Gasteiger partial charge on any atom is -0.385 e. The van der Waals surface area contributed by atoms with E-state index in [9.17, 15) is 0 Å². The van der Waals surface area contributed by atoms with Gasteiger partial charge in [-0.2, -0.15) is 5.10 Å². The van der Waals surface area contributed by atoms with Gasteiger partial charge in [0.05, 0.1) is 6.54 Å². The van der Waals surface area contributed by atoms with Crippen LogP contribution < -0.4 is 10.6 Å². The van der Waals surface area contributed by atoms with Gasteiger partial charge in [-0.3, -0.25) is 4.99 Å². The molecule has 0 unspecified atom stereocenters. The zero-order valence-electron chi connectivity index (χ0n) is 17.4. The highest BCUT2D eigenvalue weighted by atomic mass is 127. The second kappa shape index (κ2) is 13.0. The van der Waals surface area contributed by atoms with E-state index in [-0.39, 0.29) is 24.0 Å². The van der Waals surface area contributed by atoms with Crippen LogP contribution >= 0.6 is 24.0 Å². The minimum atomic E-state index is 0. The molecule has 3 rings (SSSR count). The van der Waals surface area contributed by atoms with Crippen molar-refractivity contribution in [3.63, 3.8) is 0 Å². The van der Waals surface area contributed by atoms with Crippen LogP contribution in [-0.4, -0.2) is 48.0 Å². The molecule has 0 bridgehead atoms. The summed E-state index contributed by atoms with van der Waals surface area (Å²) in [6.45, 7) is 2.97. The Morgan fingerprint density at radius 3 is 2.60 bits per heavy atom. The van der Waals surface area contributed by atoms with Crippen LogP contribution in [0.2, 0.25) is 0 Å². The van der Waals surface area contributed by atoms with Crippen LogP contribution in [0.3, 0.4) is 0 Å². The number of aliphatic imine (C=N–C) groups is 1. The van der Waals surface area contributed by atoms with Crippen molar-refractivity contribution in [1.29, 1.82) is 0 Å². The Labute approximate surface area is 195 Å². The van der Waals surface area contributed by atoms with Crippen molar-refractivity contribution in [1.82, 2.24) is 25.4 Å². The fourth-order valence-electron chi connectivity index (χ4n) is 3.07. The van der Waals surface area contributed by atoms with Gasteiger partial charge in [0, 0.05) is 33.9 Å². The SMILES string of the molecule is CN=C(NCCCOC)NCc1ccccc1-c1ccc(Cn2cncn2)cc1.I. The van der Waals surface area contributed by atoms with Gasteiger partial charge in [-0.1, -0.05) is 48.5 Å². The largest absolute Gasteiger partial charge is 0.385 e. The lowest BCUT2D eigenvalue weighted by Crippen LogP contribution is -2.37. The second-order valence-electron chi connectivity index (χ2n) is 6.65. The normalized spacial score (nSPS) is 11.1. The number of hydrogen-bond donors (Lipinski definition) is 2. The quantitative estimate of drug-likeness (QED) is 0.196. The van der Waals surface area contributed by atoms with Crippen molar-refractivity contribution in [2.45, 2.75) is 19.5 Å². The van der Waals surface area contributed by atoms with Gasteiger partial charge in [0.2, 0.25) is 0 Å². The Morgan fingerprint density at radius 1 is 1.10 bits per heavy atom. The van der Waals surface area contributed by atoms with Crippen LogP contribution in [0.15, 0.2) is 66.2 Å². The molecule has 2 N–H and O–H groups in total. The molecule has 0 fully saturated rings. The van der Waals surface area contributed by atoms with Crippen LogP contribution in [0.25, 0.3) is 11.1 Å². The highest BCUT2D eigenvalue weighted by Gasteiger charge is 2.06. The highest BCUT2D eigenvalue weighted by molar-refractivity contribution is 14.0. The average molecular weight is 520 g/mol. The third-order valence-electron chi connectivity index (χ3n) is 4.58. The molecule has 0 aliphatic heterocycles. The maximum Gasteiger partial charge on any atom is 0.191 e. The Morgan fingerprint density at radius 2 is 1.90 bits per heavy atom. The monoisotopic (exact) mass is 520 g/mol. The average Bonchev–Trinajstić information content (AvgIpc) is 3.27. The van der Waals surface area contributed by atoms with E-state index in [4.69, 9.17) is 4.74 Å². The molecule has 0 saturated heterocycles. The molecule has 0 aliphatic carbocycles. The molecular formula is C22H29IN6O. The first-order valence-electron chi connectivity index (χ1n) is 9.73. The summed E-state index contributed by atoms with van der Waals surface area (Å²) in [5, 5.41) is 10.9. The molecule has 1 aromatic heterocycles. The van der Waals surface area contributed by atoms with Gasteiger partial charge in [0.1, 0.15) is 12.7 Å². The summed E-state index contributed by atoms with van der Waals surface area (Å²) in [6, 6.07) is 17.0. The van der Waals surface area contributed by atoms with Gasteiger partial charge in [-0.25, -0.2) is 9.67 Å². The number of hydrogen-bond acceptors (Lipinski definition) is 4. The molecule has 1 heterocycles. The molecule has 8 heteroatoms. The molecule has 0 atom stereocenters. The van der Waals surface area contributed by atoms with Crippen molar-refractivity contribution in [3.05, 3.63) is 72.3 Å². The van der Waals surface area contributed by atoms with Crippen LogP contribution in [0.1, 0.15) is 17.5 Å². The van der Waals surface area contributed by atoms with Crippen molar-refractivity contribution in [2.75, 3.05) is 27.3 Å². The predicted octanol–water partition coefficient (Wildman–Crippen LogP) is 3.31. The van der Waals surface area contributed by atoms with Gasteiger partial charge in [-0.15, -0.1) is 24.0 Å². The van der Waals surface area contributed by atoms with E-state index in [0.717, 1.165) is 25.5 Å². The van der Waals surface area contributed by atoms with Gasteiger partial charge in [0.15, 0.2) is 5.96 Å². The molecule has 7 nitrogen and oxygen atoms in total. The zero-order chi connectivity index (χ0) is 20.3. The Bertz CT molecular complexity index is 896. The zero-order valence-corrected chi connectivity index (χ0v) is 19.7. The van der Waals surface area contributed by atoms with Crippen molar-refractivity contribution in [3.8, 4) is 11.1 Å². The summed E-state index contributed by atoms with van der Waals surface area (Å²) in [7, 11) is 3.50. The number of aromatic nitrogens is 3. The number of guanidine groups is 1. The van der Waals surface area contributed by atoms with E-state index in [2.05, 4.69) is 74.2 Å². The van der Waals surface area contributed by atoms with Crippen LogP contribution in [0.5, 0.6) is 0 Å². The van der Waals surface area contributed by atoms with Crippen LogP contribution in [-0.2, 0) is 17.8 Å².